The van der Waals surface area contributed by atoms with Crippen molar-refractivity contribution in [3.05, 3.63) is 28.2 Å². The van der Waals surface area contributed by atoms with Gasteiger partial charge >= 0.3 is 0 Å². The van der Waals surface area contributed by atoms with E-state index in [1.54, 1.807) is 7.05 Å². The fraction of sp³-hybridized carbons (Fsp3) is 0.462. The summed E-state index contributed by atoms with van der Waals surface area (Å²) < 4.78 is 6.37. The van der Waals surface area contributed by atoms with Crippen LogP contribution in [0.4, 0.5) is 5.69 Å². The molecule has 1 heterocycles. The molecule has 0 bridgehead atoms. The number of hydrogen-bond acceptors (Lipinski definition) is 4. The molecule has 1 fully saturated rings. The molecule has 19 heavy (non-hydrogen) atoms. The Bertz CT molecular complexity index is 467. The van der Waals surface area contributed by atoms with Gasteiger partial charge in [-0.3, -0.25) is 4.79 Å². The summed E-state index contributed by atoms with van der Waals surface area (Å²) in [5.41, 5.74) is 7.72. The van der Waals surface area contributed by atoms with Gasteiger partial charge in [-0.05, 0) is 23.8 Å². The van der Waals surface area contributed by atoms with Gasteiger partial charge in [-0.15, -0.1) is 0 Å². The highest BCUT2D eigenvalue weighted by molar-refractivity contribution is 9.10. The fourth-order valence-electron chi connectivity index (χ4n) is 2.21. The summed E-state index contributed by atoms with van der Waals surface area (Å²) in [5, 5.41) is 2.68. The Morgan fingerprint density at radius 2 is 2.37 bits per heavy atom. The normalized spacial score (nSPS) is 19.3. The summed E-state index contributed by atoms with van der Waals surface area (Å²) in [6.45, 7) is 2.20. The zero-order valence-electron chi connectivity index (χ0n) is 10.9. The predicted octanol–water partition coefficient (Wildman–Crippen LogP) is 0.859. The van der Waals surface area contributed by atoms with Gasteiger partial charge in [0.25, 0.3) is 0 Å². The Kier molecular flexibility index (Phi) is 4.79. The zero-order valence-corrected chi connectivity index (χ0v) is 12.4. The van der Waals surface area contributed by atoms with Crippen molar-refractivity contribution < 1.29 is 9.53 Å². The number of halogens is 1. The van der Waals surface area contributed by atoms with Gasteiger partial charge in [0.15, 0.2) is 0 Å². The van der Waals surface area contributed by atoms with Gasteiger partial charge in [0.05, 0.1) is 13.2 Å². The maximum absolute atomic E-state index is 11.9. The van der Waals surface area contributed by atoms with Crippen LogP contribution >= 0.6 is 15.9 Å². The number of hydrogen-bond donors (Lipinski definition) is 2. The van der Waals surface area contributed by atoms with E-state index < -0.39 is 0 Å². The summed E-state index contributed by atoms with van der Waals surface area (Å²) in [7, 11) is 1.64. The third-order valence-electron chi connectivity index (χ3n) is 3.19. The number of benzene rings is 1. The van der Waals surface area contributed by atoms with Gasteiger partial charge in [0, 0.05) is 30.3 Å². The molecule has 3 N–H and O–H groups in total. The topological polar surface area (TPSA) is 67.6 Å². The number of likely N-dealkylation sites (N-methyl/N-ethyl adjacent to an activating group) is 1. The van der Waals surface area contributed by atoms with Gasteiger partial charge in [0.2, 0.25) is 5.91 Å². The summed E-state index contributed by atoms with van der Waals surface area (Å²) in [6, 6.07) is 5.71. The van der Waals surface area contributed by atoms with E-state index >= 15 is 0 Å². The van der Waals surface area contributed by atoms with Crippen molar-refractivity contribution in [1.29, 1.82) is 0 Å². The van der Waals surface area contributed by atoms with E-state index in [0.717, 1.165) is 15.7 Å². The maximum atomic E-state index is 11.9. The van der Waals surface area contributed by atoms with E-state index in [9.17, 15) is 4.79 Å². The van der Waals surface area contributed by atoms with E-state index in [-0.39, 0.29) is 11.9 Å². The lowest BCUT2D eigenvalue weighted by Gasteiger charge is -2.36. The van der Waals surface area contributed by atoms with E-state index in [1.165, 1.54) is 0 Å². The van der Waals surface area contributed by atoms with Crippen LogP contribution in [0.2, 0.25) is 0 Å². The number of nitrogens with one attached hydrogen (secondary N) is 1. The number of nitrogens with zero attached hydrogens (tertiary/aromatic N) is 1. The molecule has 0 saturated carbocycles. The molecule has 1 unspecified atom stereocenters. The van der Waals surface area contributed by atoms with Crippen molar-refractivity contribution in [2.45, 2.75) is 12.6 Å². The van der Waals surface area contributed by atoms with Crippen LogP contribution in [0.5, 0.6) is 0 Å². The molecule has 1 atom stereocenters. The molecule has 0 aliphatic carbocycles. The van der Waals surface area contributed by atoms with Crippen molar-refractivity contribution in [2.24, 2.45) is 5.73 Å². The molecule has 5 nitrogen and oxygen atoms in total. The Hall–Kier alpha value is -1.11. The van der Waals surface area contributed by atoms with Crippen LogP contribution < -0.4 is 16.0 Å². The molecule has 0 aromatic heterocycles. The monoisotopic (exact) mass is 327 g/mol. The van der Waals surface area contributed by atoms with Crippen molar-refractivity contribution >= 4 is 27.5 Å². The molecule has 1 aromatic carbocycles. The largest absolute Gasteiger partial charge is 0.377 e. The van der Waals surface area contributed by atoms with Gasteiger partial charge in [-0.2, -0.15) is 0 Å². The first kappa shape index (κ1) is 14.3. The predicted molar refractivity (Wildman–Crippen MR) is 78.1 cm³/mol. The van der Waals surface area contributed by atoms with E-state index in [4.69, 9.17) is 10.5 Å². The molecular formula is C13H18BrN3O2. The van der Waals surface area contributed by atoms with Crippen LogP contribution in [-0.4, -0.2) is 38.8 Å². The standard InChI is InChI=1S/C13H18BrN3O2/c1-16-13(18)12-8-19-3-2-17(12)11-5-9(7-15)4-10(14)6-11/h4-6,12H,2-3,7-8,15H2,1H3,(H,16,18). The number of nitrogens with two attached hydrogens (primary N) is 1. The van der Waals surface area contributed by atoms with Gasteiger partial charge in [0.1, 0.15) is 6.04 Å². The highest BCUT2D eigenvalue weighted by Gasteiger charge is 2.29. The van der Waals surface area contributed by atoms with Gasteiger partial charge < -0.3 is 20.7 Å². The highest BCUT2D eigenvalue weighted by atomic mass is 79.9. The molecule has 1 aromatic rings. The molecule has 6 heteroatoms. The first-order valence-corrected chi connectivity index (χ1v) is 7.00. The second-order valence-corrected chi connectivity index (χ2v) is 5.34. The number of rotatable bonds is 3. The van der Waals surface area contributed by atoms with Gasteiger partial charge in [-0.1, -0.05) is 15.9 Å². The maximum Gasteiger partial charge on any atom is 0.244 e. The number of ether oxygens (including phenoxy) is 1. The fourth-order valence-corrected chi connectivity index (χ4v) is 2.74. The second-order valence-electron chi connectivity index (χ2n) is 4.42. The third kappa shape index (κ3) is 3.26. The van der Waals surface area contributed by atoms with E-state index in [1.807, 2.05) is 18.2 Å². The Labute approximate surface area is 121 Å². The van der Waals surface area contributed by atoms with Crippen LogP contribution in [-0.2, 0) is 16.1 Å². The summed E-state index contributed by atoms with van der Waals surface area (Å²) >= 11 is 3.48. The van der Waals surface area contributed by atoms with Crippen LogP contribution in [0, 0.1) is 0 Å². The number of carbonyl (C=O) groups is 1. The lowest BCUT2D eigenvalue weighted by Crippen LogP contribution is -2.53. The number of amides is 1. The average Bonchev–Trinajstić information content (AvgIpc) is 2.45. The minimum Gasteiger partial charge on any atom is -0.377 e. The van der Waals surface area contributed by atoms with Crippen LogP contribution in [0.15, 0.2) is 22.7 Å². The molecule has 1 aliphatic rings. The Balaban J connectivity index is 2.31. The van der Waals surface area contributed by atoms with Crippen molar-refractivity contribution in [3.63, 3.8) is 0 Å². The van der Waals surface area contributed by atoms with Crippen molar-refractivity contribution in [2.75, 3.05) is 31.7 Å². The first-order valence-electron chi connectivity index (χ1n) is 6.21. The zero-order chi connectivity index (χ0) is 13.8. The molecule has 1 aliphatic heterocycles. The lowest BCUT2D eigenvalue weighted by molar-refractivity contribution is -0.124. The summed E-state index contributed by atoms with van der Waals surface area (Å²) in [6.07, 6.45) is 0. The van der Waals surface area contributed by atoms with Crippen molar-refractivity contribution in [3.8, 4) is 0 Å². The van der Waals surface area contributed by atoms with Crippen LogP contribution in [0.1, 0.15) is 5.56 Å². The van der Waals surface area contributed by atoms with Crippen molar-refractivity contribution in [1.82, 2.24) is 5.32 Å². The van der Waals surface area contributed by atoms with E-state index in [2.05, 4.69) is 26.1 Å². The summed E-state index contributed by atoms with van der Waals surface area (Å²) in [5.74, 6) is -0.0334. The first-order chi connectivity index (χ1) is 9.15. The smallest absolute Gasteiger partial charge is 0.244 e. The Morgan fingerprint density at radius 3 is 3.05 bits per heavy atom. The lowest BCUT2D eigenvalue weighted by atomic mass is 10.1. The third-order valence-corrected chi connectivity index (χ3v) is 3.65. The molecule has 0 spiro atoms. The van der Waals surface area contributed by atoms with Gasteiger partial charge in [-0.25, -0.2) is 0 Å². The Morgan fingerprint density at radius 1 is 1.58 bits per heavy atom. The quantitative estimate of drug-likeness (QED) is 0.864. The van der Waals surface area contributed by atoms with E-state index in [0.29, 0.717) is 26.3 Å². The highest BCUT2D eigenvalue weighted by Crippen LogP contribution is 2.25. The molecule has 1 amide bonds. The molecule has 2 rings (SSSR count). The van der Waals surface area contributed by atoms with Crippen LogP contribution in [0.25, 0.3) is 0 Å². The molecule has 1 saturated heterocycles. The molecule has 0 radical (unpaired) electrons. The molecule has 104 valence electrons. The SMILES string of the molecule is CNC(=O)C1COCCN1c1cc(Br)cc(CN)c1. The average molecular weight is 328 g/mol. The minimum absolute atomic E-state index is 0.0334. The van der Waals surface area contributed by atoms with Crippen LogP contribution in [0.3, 0.4) is 0 Å². The second kappa shape index (κ2) is 6.36. The number of carbonyl (C=O) groups excluding carboxylic acids is 1. The summed E-state index contributed by atoms with van der Waals surface area (Å²) in [4.78, 5) is 14.0. The minimum atomic E-state index is -0.293. The number of anilines is 1. The molecular weight excluding hydrogens is 310 g/mol. The number of morpholine rings is 1.